The fourth-order valence-corrected chi connectivity index (χ4v) is 3.58. The van der Waals surface area contributed by atoms with Gasteiger partial charge in [-0.15, -0.1) is 57.8 Å². The van der Waals surface area contributed by atoms with Crippen LogP contribution >= 0.6 is 46.4 Å². The van der Waals surface area contributed by atoms with Gasteiger partial charge in [-0.05, 0) is 0 Å². The van der Waals surface area contributed by atoms with Gasteiger partial charge >= 0.3 is 0 Å². The maximum Gasteiger partial charge on any atom is 0.0949 e. The van der Waals surface area contributed by atoms with Gasteiger partial charge in [0, 0.05) is 0 Å². The van der Waals surface area contributed by atoms with Crippen molar-refractivity contribution < 1.29 is 0 Å². The first-order chi connectivity index (χ1) is 4.63. The lowest BCUT2D eigenvalue weighted by atomic mass is 11.2. The van der Waals surface area contributed by atoms with E-state index < -0.39 is 19.0 Å². The highest BCUT2D eigenvalue weighted by Crippen LogP contribution is 2.00. The Morgan fingerprint density at radius 1 is 0.800 bits per heavy atom. The average molecular weight is 254 g/mol. The van der Waals surface area contributed by atoms with Crippen LogP contribution in [0.4, 0.5) is 0 Å². The first-order valence-electron chi connectivity index (χ1n) is 2.84. The van der Waals surface area contributed by atoms with Gasteiger partial charge in [0.25, 0.3) is 0 Å². The fraction of sp³-hybridized carbons (Fsp3) is 0.500. The number of hydrogen-bond acceptors (Lipinski definition) is 0. The van der Waals surface area contributed by atoms with Crippen molar-refractivity contribution in [3.05, 3.63) is 11.4 Å². The molecule has 60 valence electrons. The Labute approximate surface area is 85.5 Å². The monoisotopic (exact) mass is 252 g/mol. The van der Waals surface area contributed by atoms with Crippen molar-refractivity contribution in [3.8, 4) is 0 Å². The second-order valence-electron chi connectivity index (χ2n) is 1.72. The Bertz CT molecular complexity index is 91.4. The minimum atomic E-state index is -0.429. The highest BCUT2D eigenvalue weighted by Gasteiger charge is 1.96. The Balaban J connectivity index is 3.20. The molecule has 0 bridgehead atoms. The summed E-state index contributed by atoms with van der Waals surface area (Å²) in [7, 11) is -0.858. The third-order valence-corrected chi connectivity index (χ3v) is 5.52. The van der Waals surface area contributed by atoms with Gasteiger partial charge in [-0.3, -0.25) is 0 Å². The fourth-order valence-electron chi connectivity index (χ4n) is 0.398. The minimum Gasteiger partial charge on any atom is -0.110 e. The molecule has 0 aliphatic heterocycles. The third kappa shape index (κ3) is 9.33. The number of rotatable bonds is 4. The molecule has 0 rings (SSSR count). The summed E-state index contributed by atoms with van der Waals surface area (Å²) in [5.41, 5.74) is 4.13. The van der Waals surface area contributed by atoms with Gasteiger partial charge in [0.2, 0.25) is 0 Å². The highest BCUT2D eigenvalue weighted by atomic mass is 35.5. The van der Waals surface area contributed by atoms with Crippen molar-refractivity contribution in [2.75, 3.05) is 0 Å². The van der Waals surface area contributed by atoms with E-state index in [1.807, 2.05) is 0 Å². The lowest BCUT2D eigenvalue weighted by Crippen LogP contribution is -2.01. The van der Waals surface area contributed by atoms with Gasteiger partial charge in [-0.1, -0.05) is 0 Å². The van der Waals surface area contributed by atoms with Gasteiger partial charge < -0.3 is 0 Å². The van der Waals surface area contributed by atoms with Crippen molar-refractivity contribution in [2.24, 2.45) is 0 Å². The summed E-state index contributed by atoms with van der Waals surface area (Å²) in [6.07, 6.45) is 0. The zero-order valence-electron chi connectivity index (χ0n) is 5.24. The van der Waals surface area contributed by atoms with Crippen LogP contribution in [-0.2, 0) is 0 Å². The molecule has 0 saturated heterocycles. The predicted octanol–water partition coefficient (Wildman–Crippen LogP) is 1.32. The van der Waals surface area contributed by atoms with Crippen LogP contribution < -0.4 is 0 Å². The number of halogens is 4. The van der Waals surface area contributed by atoms with E-state index in [1.165, 1.54) is 0 Å². The quantitative estimate of drug-likeness (QED) is 0.524. The molecule has 0 fully saturated rings. The summed E-state index contributed by atoms with van der Waals surface area (Å²) >= 11 is 22.1. The summed E-state index contributed by atoms with van der Waals surface area (Å²) in [6, 6.07) is 0. The Morgan fingerprint density at radius 3 is 1.30 bits per heavy atom. The molecule has 0 spiro atoms. The highest BCUT2D eigenvalue weighted by molar-refractivity contribution is 6.74. The third-order valence-electron chi connectivity index (χ3n) is 0.795. The molecule has 10 heavy (non-hydrogen) atoms. The summed E-state index contributed by atoms with van der Waals surface area (Å²) in [4.78, 5) is 0. The van der Waals surface area contributed by atoms with Gasteiger partial charge in [0.05, 0.1) is 28.0 Å². The normalized spacial score (nSPS) is 14.6. The molecule has 0 nitrogen and oxygen atoms in total. The average Bonchev–Trinajstić information content (AvgIpc) is 1.79. The molecule has 0 saturated carbocycles. The van der Waals surface area contributed by atoms with Crippen molar-refractivity contribution in [1.82, 2.24) is 0 Å². The molecule has 0 atom stereocenters. The number of alkyl halides is 4. The molecule has 0 unspecified atom stereocenters. The smallest absolute Gasteiger partial charge is 0.0949 e. The van der Waals surface area contributed by atoms with Crippen molar-refractivity contribution in [3.63, 3.8) is 0 Å². The van der Waals surface area contributed by atoms with Gasteiger partial charge in [0.1, 0.15) is 0 Å². The van der Waals surface area contributed by atoms with Crippen molar-refractivity contribution >= 4 is 65.4 Å². The van der Waals surface area contributed by atoms with Crippen LogP contribution in [0.2, 0.25) is 0 Å². The first-order valence-corrected chi connectivity index (χ1v) is 7.85. The van der Waals surface area contributed by atoms with Crippen LogP contribution in [0.3, 0.4) is 0 Å². The molecule has 0 aliphatic carbocycles. The Hall–Kier alpha value is 1.33. The summed E-state index contributed by atoms with van der Waals surface area (Å²) in [6.45, 7) is 0. The van der Waals surface area contributed by atoms with E-state index >= 15 is 0 Å². The molecule has 6 heteroatoms. The molecule has 0 aromatic rings. The maximum absolute atomic E-state index is 5.52. The number of hydrogen-bond donors (Lipinski definition) is 0. The molecular formula is C4H8Cl4Si2. The Morgan fingerprint density at radius 2 is 1.10 bits per heavy atom. The largest absolute Gasteiger partial charge is 0.110 e. The lowest BCUT2D eigenvalue weighted by molar-refractivity contribution is 1.87. The summed E-state index contributed by atoms with van der Waals surface area (Å²) in [5.74, 6) is 0. The molecular weight excluding hydrogens is 246 g/mol. The topological polar surface area (TPSA) is 0 Å². The molecule has 0 aliphatic rings. The van der Waals surface area contributed by atoms with E-state index in [9.17, 15) is 0 Å². The van der Waals surface area contributed by atoms with E-state index in [2.05, 4.69) is 11.4 Å². The van der Waals surface area contributed by atoms with Crippen LogP contribution in [0.15, 0.2) is 11.4 Å². The Kier molecular flexibility index (Phi) is 7.94. The SMILES string of the molecule is ClC(Cl)[SiH2]C=C[SiH2]C(Cl)Cl. The van der Waals surface area contributed by atoms with Crippen molar-refractivity contribution in [1.29, 1.82) is 0 Å². The first kappa shape index (κ1) is 11.3. The van der Waals surface area contributed by atoms with Crippen LogP contribution in [0.5, 0.6) is 0 Å². The standard InChI is InChI=1S/C4H8Cl4Si2/c5-3(6)9-1-2-10-4(7)8/h1-4H,9-10H2. The maximum atomic E-state index is 5.52. The van der Waals surface area contributed by atoms with Crippen LogP contribution in [0.25, 0.3) is 0 Å². The molecule has 0 amide bonds. The van der Waals surface area contributed by atoms with E-state index in [4.69, 9.17) is 46.4 Å². The van der Waals surface area contributed by atoms with E-state index in [0.29, 0.717) is 0 Å². The molecule has 0 N–H and O–H groups in total. The molecule has 0 aromatic carbocycles. The van der Waals surface area contributed by atoms with E-state index in [1.54, 1.807) is 0 Å². The van der Waals surface area contributed by atoms with E-state index in [0.717, 1.165) is 0 Å². The zero-order chi connectivity index (χ0) is 7.98. The molecule has 0 heterocycles. The second-order valence-corrected chi connectivity index (χ2v) is 9.87. The van der Waals surface area contributed by atoms with Crippen molar-refractivity contribution in [2.45, 2.75) is 8.92 Å². The summed E-state index contributed by atoms with van der Waals surface area (Å²) < 4.78 is -0.344. The predicted molar refractivity (Wildman–Crippen MR) is 57.2 cm³/mol. The van der Waals surface area contributed by atoms with Gasteiger partial charge in [-0.2, -0.15) is 0 Å². The van der Waals surface area contributed by atoms with E-state index in [-0.39, 0.29) is 8.92 Å². The van der Waals surface area contributed by atoms with Crippen LogP contribution in [0, 0.1) is 0 Å². The second kappa shape index (κ2) is 7.01. The minimum absolute atomic E-state index is 0.172. The zero-order valence-corrected chi connectivity index (χ0v) is 11.1. The van der Waals surface area contributed by atoms with Gasteiger partial charge in [-0.25, -0.2) is 0 Å². The molecule has 0 radical (unpaired) electrons. The molecule has 0 aromatic heterocycles. The van der Waals surface area contributed by atoms with Crippen LogP contribution in [-0.4, -0.2) is 28.0 Å². The summed E-state index contributed by atoms with van der Waals surface area (Å²) in [5, 5.41) is 0. The van der Waals surface area contributed by atoms with Crippen LogP contribution in [0.1, 0.15) is 0 Å². The van der Waals surface area contributed by atoms with Gasteiger partial charge in [0.15, 0.2) is 0 Å². The lowest BCUT2D eigenvalue weighted by Gasteiger charge is -1.92.